The molecule has 0 amide bonds. The minimum atomic E-state index is 0.346. The molecule has 0 atom stereocenters. The molecule has 0 spiro atoms. The summed E-state index contributed by atoms with van der Waals surface area (Å²) >= 11 is 13.7. The Bertz CT molecular complexity index is 106. The van der Waals surface area contributed by atoms with Crippen molar-refractivity contribution in [2.45, 2.75) is 0 Å². The van der Waals surface area contributed by atoms with Crippen LogP contribution in [0, 0.1) is 0 Å². The fourth-order valence-corrected chi connectivity index (χ4v) is 0.522. The van der Waals surface area contributed by atoms with Crippen LogP contribution >= 0.6 is 39.1 Å². The van der Waals surface area contributed by atoms with Gasteiger partial charge < -0.3 is 0 Å². The van der Waals surface area contributed by atoms with Gasteiger partial charge in [-0.1, -0.05) is 45.7 Å². The lowest BCUT2D eigenvalue weighted by Gasteiger charge is -1.84. The summed E-state index contributed by atoms with van der Waals surface area (Å²) in [6, 6.07) is 0. The first kappa shape index (κ1) is 7.54. The SMILES string of the molecule is C=C(Cl)/C(Cl)=C/Br. The van der Waals surface area contributed by atoms with Crippen LogP contribution in [0.5, 0.6) is 0 Å². The van der Waals surface area contributed by atoms with Crippen LogP contribution in [0.2, 0.25) is 0 Å². The molecule has 0 aliphatic heterocycles. The zero-order valence-corrected chi connectivity index (χ0v) is 6.52. The van der Waals surface area contributed by atoms with Crippen molar-refractivity contribution in [1.82, 2.24) is 0 Å². The predicted octanol–water partition coefficient (Wildman–Crippen LogP) is 3.21. The molecule has 0 heterocycles. The Morgan fingerprint density at radius 3 is 2.00 bits per heavy atom. The van der Waals surface area contributed by atoms with E-state index in [1.54, 1.807) is 0 Å². The number of hydrogen-bond donors (Lipinski definition) is 0. The average molecular weight is 202 g/mol. The van der Waals surface area contributed by atoms with Crippen LogP contribution in [0.3, 0.4) is 0 Å². The monoisotopic (exact) mass is 200 g/mol. The molecular weight excluding hydrogens is 199 g/mol. The molecule has 0 saturated heterocycles. The summed E-state index contributed by atoms with van der Waals surface area (Å²) in [5, 5.41) is 0.778. The van der Waals surface area contributed by atoms with Gasteiger partial charge in [-0.2, -0.15) is 0 Å². The molecule has 7 heavy (non-hydrogen) atoms. The quantitative estimate of drug-likeness (QED) is 0.572. The van der Waals surface area contributed by atoms with E-state index in [-0.39, 0.29) is 0 Å². The van der Waals surface area contributed by atoms with Gasteiger partial charge in [-0.05, 0) is 0 Å². The lowest BCUT2D eigenvalue weighted by Crippen LogP contribution is -1.61. The van der Waals surface area contributed by atoms with Gasteiger partial charge in [0.15, 0.2) is 0 Å². The third-order valence-corrected chi connectivity index (χ3v) is 1.71. The Labute approximate surface area is 60.9 Å². The summed E-state index contributed by atoms with van der Waals surface area (Å²) in [7, 11) is 0. The summed E-state index contributed by atoms with van der Waals surface area (Å²) in [6.45, 7) is 3.36. The van der Waals surface area contributed by atoms with Crippen LogP contribution in [-0.4, -0.2) is 0 Å². The Morgan fingerprint density at radius 2 is 2.00 bits per heavy atom. The zero-order chi connectivity index (χ0) is 5.86. The minimum absolute atomic E-state index is 0.346. The van der Waals surface area contributed by atoms with Gasteiger partial charge in [-0.3, -0.25) is 0 Å². The first-order valence-corrected chi connectivity index (χ1v) is 3.16. The Morgan fingerprint density at radius 1 is 1.57 bits per heavy atom. The van der Waals surface area contributed by atoms with E-state index in [9.17, 15) is 0 Å². The van der Waals surface area contributed by atoms with Gasteiger partial charge in [0, 0.05) is 4.99 Å². The predicted molar refractivity (Wildman–Crippen MR) is 37.9 cm³/mol. The normalized spacial score (nSPS) is 11.6. The van der Waals surface area contributed by atoms with Crippen LogP contribution in [0.4, 0.5) is 0 Å². The highest BCUT2D eigenvalue weighted by Crippen LogP contribution is 2.17. The minimum Gasteiger partial charge on any atom is -0.0833 e. The third-order valence-electron chi connectivity index (χ3n) is 0.355. The number of halogens is 3. The summed E-state index contributed by atoms with van der Waals surface area (Å²) in [5.41, 5.74) is 0. The van der Waals surface area contributed by atoms with Crippen molar-refractivity contribution < 1.29 is 0 Å². The molecule has 0 aromatic carbocycles. The van der Waals surface area contributed by atoms with Crippen LogP contribution in [-0.2, 0) is 0 Å². The highest BCUT2D eigenvalue weighted by Gasteiger charge is 1.88. The lowest BCUT2D eigenvalue weighted by atomic mass is 10.6. The van der Waals surface area contributed by atoms with Crippen LogP contribution in [0.1, 0.15) is 0 Å². The van der Waals surface area contributed by atoms with Crippen molar-refractivity contribution in [3.05, 3.63) is 21.6 Å². The summed E-state index contributed by atoms with van der Waals surface area (Å²) < 4.78 is 0. The molecule has 0 aromatic rings. The molecule has 0 unspecified atom stereocenters. The molecule has 0 aliphatic rings. The van der Waals surface area contributed by atoms with Gasteiger partial charge in [0.25, 0.3) is 0 Å². The highest BCUT2D eigenvalue weighted by atomic mass is 79.9. The van der Waals surface area contributed by atoms with Crippen LogP contribution in [0.15, 0.2) is 21.6 Å². The summed E-state index contributed by atoms with van der Waals surface area (Å²) in [4.78, 5) is 1.50. The second-order valence-corrected chi connectivity index (χ2v) is 2.18. The van der Waals surface area contributed by atoms with Crippen LogP contribution in [0.25, 0.3) is 0 Å². The molecule has 40 valence electrons. The smallest absolute Gasteiger partial charge is 0.0655 e. The van der Waals surface area contributed by atoms with Gasteiger partial charge in [-0.15, -0.1) is 0 Å². The fourth-order valence-electron chi connectivity index (χ4n) is 0.0592. The van der Waals surface area contributed by atoms with Gasteiger partial charge >= 0.3 is 0 Å². The molecule has 0 aliphatic carbocycles. The maximum Gasteiger partial charge on any atom is 0.0655 e. The molecule has 0 nitrogen and oxygen atoms in total. The van der Waals surface area contributed by atoms with Gasteiger partial charge in [0.2, 0.25) is 0 Å². The summed E-state index contributed by atoms with van der Waals surface area (Å²) in [6.07, 6.45) is 0. The molecule has 3 heteroatoms. The van der Waals surface area contributed by atoms with Crippen molar-refractivity contribution in [3.63, 3.8) is 0 Å². The van der Waals surface area contributed by atoms with E-state index in [4.69, 9.17) is 23.2 Å². The number of allylic oxidation sites excluding steroid dienone is 2. The molecule has 0 bridgehead atoms. The van der Waals surface area contributed by atoms with Crippen molar-refractivity contribution in [2.24, 2.45) is 0 Å². The van der Waals surface area contributed by atoms with E-state index >= 15 is 0 Å². The van der Waals surface area contributed by atoms with Crippen molar-refractivity contribution in [3.8, 4) is 0 Å². The fraction of sp³-hybridized carbons (Fsp3) is 0. The standard InChI is InChI=1S/C4H3BrCl2/c1-3(6)4(7)2-5/h2H,1H2/b4-2-. The largest absolute Gasteiger partial charge is 0.0833 e. The van der Waals surface area contributed by atoms with Gasteiger partial charge in [0.05, 0.1) is 10.1 Å². The van der Waals surface area contributed by atoms with Gasteiger partial charge in [0.1, 0.15) is 0 Å². The molecular formula is C4H3BrCl2. The second-order valence-electron chi connectivity index (χ2n) is 0.862. The Kier molecular flexibility index (Phi) is 3.80. The van der Waals surface area contributed by atoms with E-state index in [1.807, 2.05) is 0 Å². The second kappa shape index (κ2) is 3.53. The third kappa shape index (κ3) is 3.15. The molecule has 0 radical (unpaired) electrons. The summed E-state index contributed by atoms with van der Waals surface area (Å²) in [5.74, 6) is 0. The average Bonchev–Trinajstić information content (AvgIpc) is 1.65. The lowest BCUT2D eigenvalue weighted by molar-refractivity contribution is 1.93. The maximum atomic E-state index is 5.38. The van der Waals surface area contributed by atoms with E-state index in [0.717, 1.165) is 0 Å². The van der Waals surface area contributed by atoms with Crippen molar-refractivity contribution >= 4 is 39.1 Å². The van der Waals surface area contributed by atoms with Crippen molar-refractivity contribution in [2.75, 3.05) is 0 Å². The van der Waals surface area contributed by atoms with E-state index in [2.05, 4.69) is 22.5 Å². The van der Waals surface area contributed by atoms with Crippen LogP contribution < -0.4 is 0 Å². The molecule has 0 N–H and O–H groups in total. The molecule has 0 saturated carbocycles. The first-order valence-electron chi connectivity index (χ1n) is 1.49. The number of hydrogen-bond acceptors (Lipinski definition) is 0. The van der Waals surface area contributed by atoms with E-state index in [1.165, 1.54) is 4.99 Å². The molecule has 0 rings (SSSR count). The number of rotatable bonds is 1. The van der Waals surface area contributed by atoms with E-state index in [0.29, 0.717) is 10.1 Å². The molecule has 0 aromatic heterocycles. The van der Waals surface area contributed by atoms with Crippen molar-refractivity contribution in [1.29, 1.82) is 0 Å². The highest BCUT2D eigenvalue weighted by molar-refractivity contribution is 9.11. The van der Waals surface area contributed by atoms with E-state index < -0.39 is 0 Å². The maximum absolute atomic E-state index is 5.38. The van der Waals surface area contributed by atoms with Gasteiger partial charge in [-0.25, -0.2) is 0 Å². The molecule has 0 fully saturated rings. The topological polar surface area (TPSA) is 0 Å². The first-order chi connectivity index (χ1) is 3.18. The Balaban J connectivity index is 3.82. The zero-order valence-electron chi connectivity index (χ0n) is 3.42. The Hall–Kier alpha value is 0.540.